The van der Waals surface area contributed by atoms with Crippen LogP contribution in [0.3, 0.4) is 0 Å². The molecule has 0 bridgehead atoms. The van der Waals surface area contributed by atoms with E-state index in [1.807, 2.05) is 12.1 Å². The Kier molecular flexibility index (Phi) is 3.67. The van der Waals surface area contributed by atoms with E-state index in [2.05, 4.69) is 41.5 Å². The van der Waals surface area contributed by atoms with Gasteiger partial charge in [-0.05, 0) is 23.1 Å². The van der Waals surface area contributed by atoms with Crippen LogP contribution in [-0.4, -0.2) is 22.7 Å². The van der Waals surface area contributed by atoms with Crippen LogP contribution in [0.2, 0.25) is 0 Å². The van der Waals surface area contributed by atoms with Gasteiger partial charge in [0.25, 0.3) is 0 Å². The molecule has 1 atom stereocenters. The third kappa shape index (κ3) is 3.08. The first-order valence-corrected chi connectivity index (χ1v) is 6.45. The van der Waals surface area contributed by atoms with E-state index >= 15 is 0 Å². The molecule has 0 saturated carbocycles. The molecule has 0 aliphatic rings. The zero-order chi connectivity index (χ0) is 14.9. The molecule has 6 heteroatoms. The highest BCUT2D eigenvalue weighted by atomic mass is 16.5. The third-order valence-corrected chi connectivity index (χ3v) is 3.12. The lowest BCUT2D eigenvalue weighted by Gasteiger charge is -2.18. The number of H-pyrrole nitrogens is 1. The molecule has 2 rings (SSSR count). The monoisotopic (exact) mass is 276 g/mol. The molecule has 20 heavy (non-hydrogen) atoms. The van der Waals surface area contributed by atoms with Crippen molar-refractivity contribution < 1.29 is 9.53 Å². The van der Waals surface area contributed by atoms with Crippen molar-refractivity contribution in [1.82, 2.24) is 9.97 Å². The minimum absolute atomic E-state index is 0.00127. The Morgan fingerprint density at radius 1 is 1.45 bits per heavy atom. The van der Waals surface area contributed by atoms with Gasteiger partial charge in [-0.2, -0.15) is 0 Å². The highest BCUT2D eigenvalue weighted by Crippen LogP contribution is 2.25. The number of hydrogen-bond donors (Lipinski definition) is 3. The number of carbonyl (C=O) groups is 1. The number of hydrogen-bond acceptors (Lipinski definition) is 4. The van der Waals surface area contributed by atoms with Crippen LogP contribution in [0, 0.1) is 0 Å². The van der Waals surface area contributed by atoms with E-state index < -0.39 is 12.1 Å². The Balaban J connectivity index is 2.27. The van der Waals surface area contributed by atoms with E-state index in [9.17, 15) is 4.79 Å². The second-order valence-corrected chi connectivity index (χ2v) is 5.84. The summed E-state index contributed by atoms with van der Waals surface area (Å²) in [5, 5.41) is 0. The molecule has 0 aliphatic heterocycles. The summed E-state index contributed by atoms with van der Waals surface area (Å²) >= 11 is 0. The van der Waals surface area contributed by atoms with Crippen LogP contribution in [0.1, 0.15) is 38.2 Å². The zero-order valence-corrected chi connectivity index (χ0v) is 11.9. The van der Waals surface area contributed by atoms with E-state index in [1.165, 1.54) is 5.56 Å². The van der Waals surface area contributed by atoms with Gasteiger partial charge >= 0.3 is 6.09 Å². The van der Waals surface area contributed by atoms with Gasteiger partial charge in [-0.3, -0.25) is 0 Å². The number of aromatic amines is 1. The Morgan fingerprint density at radius 3 is 2.75 bits per heavy atom. The van der Waals surface area contributed by atoms with E-state index in [1.54, 1.807) is 0 Å². The van der Waals surface area contributed by atoms with E-state index in [4.69, 9.17) is 11.5 Å². The van der Waals surface area contributed by atoms with Crippen LogP contribution < -0.4 is 11.5 Å². The van der Waals surface area contributed by atoms with Crippen LogP contribution in [0.5, 0.6) is 0 Å². The summed E-state index contributed by atoms with van der Waals surface area (Å²) in [5.41, 5.74) is 13.8. The van der Waals surface area contributed by atoms with E-state index in [0.717, 1.165) is 11.0 Å². The number of nitrogens with zero attached hydrogens (tertiary/aromatic N) is 1. The van der Waals surface area contributed by atoms with Gasteiger partial charge in [0.15, 0.2) is 0 Å². The van der Waals surface area contributed by atoms with Gasteiger partial charge in [-0.25, -0.2) is 9.78 Å². The van der Waals surface area contributed by atoms with Crippen molar-refractivity contribution in [1.29, 1.82) is 0 Å². The molecule has 0 unspecified atom stereocenters. The molecule has 0 aliphatic carbocycles. The summed E-state index contributed by atoms with van der Waals surface area (Å²) in [4.78, 5) is 18.2. The fraction of sp³-hybridized carbons (Fsp3) is 0.429. The van der Waals surface area contributed by atoms with Crippen LogP contribution in [0.25, 0.3) is 11.0 Å². The second kappa shape index (κ2) is 5.13. The Hall–Kier alpha value is -2.08. The van der Waals surface area contributed by atoms with Crippen LogP contribution >= 0.6 is 0 Å². The highest BCUT2D eigenvalue weighted by Gasteiger charge is 2.17. The minimum Gasteiger partial charge on any atom is -0.448 e. The van der Waals surface area contributed by atoms with Crippen LogP contribution in [-0.2, 0) is 10.2 Å². The van der Waals surface area contributed by atoms with Crippen molar-refractivity contribution in [2.45, 2.75) is 32.2 Å². The molecule has 6 nitrogen and oxygen atoms in total. The first kappa shape index (κ1) is 14.3. The molecule has 0 saturated heterocycles. The number of benzene rings is 1. The fourth-order valence-electron chi connectivity index (χ4n) is 1.92. The molecule has 5 N–H and O–H groups in total. The number of aromatic nitrogens is 2. The maximum absolute atomic E-state index is 10.6. The number of nitrogens with one attached hydrogen (secondary N) is 1. The van der Waals surface area contributed by atoms with Crippen molar-refractivity contribution in [3.05, 3.63) is 29.6 Å². The predicted octanol–water partition coefficient (Wildman–Crippen LogP) is 1.96. The first-order chi connectivity index (χ1) is 9.27. The van der Waals surface area contributed by atoms with E-state index in [-0.39, 0.29) is 12.0 Å². The van der Waals surface area contributed by atoms with Gasteiger partial charge in [0, 0.05) is 0 Å². The van der Waals surface area contributed by atoms with Gasteiger partial charge in [-0.15, -0.1) is 0 Å². The number of amides is 1. The number of rotatable bonds is 3. The smallest absolute Gasteiger partial charge is 0.404 e. The quantitative estimate of drug-likeness (QED) is 0.796. The molecule has 0 radical (unpaired) electrons. The number of imidazole rings is 1. The summed E-state index contributed by atoms with van der Waals surface area (Å²) in [6.07, 6.45) is -0.841. The normalized spacial score (nSPS) is 13.4. The molecule has 108 valence electrons. The molecule has 2 aromatic rings. The van der Waals surface area contributed by atoms with Gasteiger partial charge in [0.2, 0.25) is 0 Å². The zero-order valence-electron chi connectivity index (χ0n) is 11.9. The molecule has 1 amide bonds. The number of ether oxygens (including phenoxy) is 1. The lowest BCUT2D eigenvalue weighted by atomic mass is 9.87. The number of fused-ring (bicyclic) bond motifs is 1. The first-order valence-electron chi connectivity index (χ1n) is 6.45. The standard InChI is InChI=1S/C14H20N4O2/c1-14(2,3)8-4-5-10-11(6-8)18-12(17-10)9(15)7-20-13(16)19/h4-6,9H,7,15H2,1-3H3,(H2,16,19)(H,17,18)/t9-/m0/s1. The van der Waals surface area contributed by atoms with Crippen molar-refractivity contribution in [3.8, 4) is 0 Å². The van der Waals surface area contributed by atoms with Crippen molar-refractivity contribution in [2.24, 2.45) is 11.5 Å². The SMILES string of the molecule is CC(C)(C)c1ccc2[nH]c([C@@H](N)COC(N)=O)nc2c1. The van der Waals surface area contributed by atoms with Crippen LogP contribution in [0.15, 0.2) is 18.2 Å². The van der Waals surface area contributed by atoms with Crippen molar-refractivity contribution in [3.63, 3.8) is 0 Å². The van der Waals surface area contributed by atoms with Gasteiger partial charge in [0.1, 0.15) is 12.4 Å². The highest BCUT2D eigenvalue weighted by molar-refractivity contribution is 5.76. The topological polar surface area (TPSA) is 107 Å². The molecule has 0 spiro atoms. The Bertz CT molecular complexity index is 628. The molecule has 1 heterocycles. The fourth-order valence-corrected chi connectivity index (χ4v) is 1.92. The predicted molar refractivity (Wildman–Crippen MR) is 77.3 cm³/mol. The largest absolute Gasteiger partial charge is 0.448 e. The lowest BCUT2D eigenvalue weighted by molar-refractivity contribution is 0.148. The van der Waals surface area contributed by atoms with Crippen molar-refractivity contribution >= 4 is 17.1 Å². The molecular formula is C14H20N4O2. The van der Waals surface area contributed by atoms with Gasteiger partial charge in [-0.1, -0.05) is 26.8 Å². The van der Waals surface area contributed by atoms with Gasteiger partial charge < -0.3 is 21.2 Å². The van der Waals surface area contributed by atoms with Crippen molar-refractivity contribution in [2.75, 3.05) is 6.61 Å². The van der Waals surface area contributed by atoms with E-state index in [0.29, 0.717) is 5.82 Å². The molecule has 1 aromatic heterocycles. The average molecular weight is 276 g/mol. The Labute approximate surface area is 117 Å². The minimum atomic E-state index is -0.841. The Morgan fingerprint density at radius 2 is 2.15 bits per heavy atom. The summed E-state index contributed by atoms with van der Waals surface area (Å²) < 4.78 is 4.69. The lowest BCUT2D eigenvalue weighted by Crippen LogP contribution is -2.23. The summed E-state index contributed by atoms with van der Waals surface area (Å²) in [7, 11) is 0. The number of primary amides is 1. The van der Waals surface area contributed by atoms with Crippen LogP contribution in [0.4, 0.5) is 4.79 Å². The maximum Gasteiger partial charge on any atom is 0.404 e. The summed E-state index contributed by atoms with van der Waals surface area (Å²) in [5.74, 6) is 0.576. The summed E-state index contributed by atoms with van der Waals surface area (Å²) in [6, 6.07) is 5.56. The second-order valence-electron chi connectivity index (χ2n) is 5.84. The average Bonchev–Trinajstić information content (AvgIpc) is 2.77. The maximum atomic E-state index is 10.6. The summed E-state index contributed by atoms with van der Waals surface area (Å²) in [6.45, 7) is 6.44. The molecule has 1 aromatic carbocycles. The molecule has 0 fully saturated rings. The van der Waals surface area contributed by atoms with Gasteiger partial charge in [0.05, 0.1) is 17.1 Å². The number of nitrogens with two attached hydrogens (primary N) is 2. The molecular weight excluding hydrogens is 256 g/mol. The number of carbonyl (C=O) groups excluding carboxylic acids is 1. The third-order valence-electron chi connectivity index (χ3n) is 3.12.